The summed E-state index contributed by atoms with van der Waals surface area (Å²) in [7, 11) is 1.66. The lowest BCUT2D eigenvalue weighted by atomic mass is 9.97. The van der Waals surface area contributed by atoms with Crippen molar-refractivity contribution in [2.45, 2.75) is 19.3 Å². The predicted molar refractivity (Wildman–Crippen MR) is 133 cm³/mol. The molecule has 0 spiro atoms. The minimum absolute atomic E-state index is 0.0487. The van der Waals surface area contributed by atoms with Gasteiger partial charge in [0.25, 0.3) is 0 Å². The van der Waals surface area contributed by atoms with Crippen LogP contribution >= 0.6 is 0 Å². The zero-order chi connectivity index (χ0) is 23.3. The van der Waals surface area contributed by atoms with Crippen LogP contribution in [0.1, 0.15) is 18.4 Å². The van der Waals surface area contributed by atoms with Gasteiger partial charge in [-0.1, -0.05) is 42.5 Å². The van der Waals surface area contributed by atoms with E-state index in [-0.39, 0.29) is 11.8 Å². The second-order valence-electron chi connectivity index (χ2n) is 8.65. The third-order valence-corrected chi connectivity index (χ3v) is 6.38. The van der Waals surface area contributed by atoms with Gasteiger partial charge in [-0.05, 0) is 43.0 Å². The van der Waals surface area contributed by atoms with E-state index in [1.807, 2.05) is 53.2 Å². The Kier molecular flexibility index (Phi) is 6.42. The molecule has 1 atom stereocenters. The molecule has 1 aliphatic heterocycles. The van der Waals surface area contributed by atoms with E-state index in [0.29, 0.717) is 13.1 Å². The number of hydrogen-bond acceptors (Lipinski definition) is 5. The molecular weight excluding hydrogens is 426 g/mol. The van der Waals surface area contributed by atoms with Gasteiger partial charge in [-0.3, -0.25) is 4.79 Å². The predicted octanol–water partition coefficient (Wildman–Crippen LogP) is 3.98. The van der Waals surface area contributed by atoms with E-state index >= 15 is 0 Å². The molecule has 34 heavy (non-hydrogen) atoms. The number of benzene rings is 2. The summed E-state index contributed by atoms with van der Waals surface area (Å²) >= 11 is 0. The van der Waals surface area contributed by atoms with Gasteiger partial charge in [-0.2, -0.15) is 5.10 Å². The first kappa shape index (κ1) is 21.9. The molecule has 2 aromatic carbocycles. The highest BCUT2D eigenvalue weighted by Gasteiger charge is 2.27. The van der Waals surface area contributed by atoms with Gasteiger partial charge < -0.3 is 15.0 Å². The molecule has 7 heteroatoms. The number of anilines is 1. The smallest absolute Gasteiger partial charge is 0.224 e. The number of piperidine rings is 1. The molecule has 3 heterocycles. The van der Waals surface area contributed by atoms with Crippen LogP contribution in [0.3, 0.4) is 0 Å². The normalized spacial score (nSPS) is 15.9. The molecule has 1 amide bonds. The van der Waals surface area contributed by atoms with Gasteiger partial charge in [-0.25, -0.2) is 9.50 Å². The van der Waals surface area contributed by atoms with Gasteiger partial charge >= 0.3 is 0 Å². The molecule has 0 unspecified atom stereocenters. The van der Waals surface area contributed by atoms with E-state index in [1.54, 1.807) is 13.3 Å². The lowest BCUT2D eigenvalue weighted by Gasteiger charge is -2.33. The number of hydrogen-bond donors (Lipinski definition) is 1. The third-order valence-electron chi connectivity index (χ3n) is 6.38. The van der Waals surface area contributed by atoms with Crippen LogP contribution in [0.2, 0.25) is 0 Å². The van der Waals surface area contributed by atoms with Gasteiger partial charge in [0, 0.05) is 37.6 Å². The number of nitrogens with one attached hydrogen (secondary N) is 1. The first-order chi connectivity index (χ1) is 16.7. The first-order valence-electron chi connectivity index (χ1n) is 11.8. The van der Waals surface area contributed by atoms with Crippen molar-refractivity contribution in [1.82, 2.24) is 19.9 Å². The van der Waals surface area contributed by atoms with Crippen molar-refractivity contribution in [3.8, 4) is 17.0 Å². The van der Waals surface area contributed by atoms with E-state index in [1.165, 1.54) is 5.56 Å². The zero-order valence-corrected chi connectivity index (χ0v) is 19.4. The summed E-state index contributed by atoms with van der Waals surface area (Å²) in [5, 5.41) is 7.88. The number of aromatic nitrogens is 3. The molecule has 0 aliphatic carbocycles. The number of carbonyl (C=O) groups is 1. The summed E-state index contributed by atoms with van der Waals surface area (Å²) in [6.45, 7) is 2.18. The summed E-state index contributed by atoms with van der Waals surface area (Å²) in [6.07, 6.45) is 6.32. The fourth-order valence-corrected chi connectivity index (χ4v) is 4.58. The second kappa shape index (κ2) is 9.95. The van der Waals surface area contributed by atoms with E-state index < -0.39 is 0 Å². The highest BCUT2D eigenvalue weighted by atomic mass is 16.5. The standard InChI is InChI=1S/C27H29N5O2/c1-34-23-11-5-9-21(17-23)24-18-25-26(28-14-16-32(25)30-24)31-15-6-10-22(19-31)27(33)29-13-12-20-7-3-2-4-8-20/h2-5,7-9,11,14,16-18,22H,6,10,12-13,15,19H2,1H3,(H,29,33)/t22-/m1/s1. The maximum absolute atomic E-state index is 12.9. The van der Waals surface area contributed by atoms with Crippen LogP contribution in [0.5, 0.6) is 5.75 Å². The van der Waals surface area contributed by atoms with E-state index in [9.17, 15) is 4.79 Å². The Bertz CT molecular complexity index is 1270. The molecule has 174 valence electrons. The number of fused-ring (bicyclic) bond motifs is 1. The van der Waals surface area contributed by atoms with Crippen LogP contribution in [0.15, 0.2) is 73.1 Å². The number of methoxy groups -OCH3 is 1. The molecule has 1 fully saturated rings. The Morgan fingerprint density at radius 2 is 2.03 bits per heavy atom. The van der Waals surface area contributed by atoms with Crippen LogP contribution in [0, 0.1) is 5.92 Å². The second-order valence-corrected chi connectivity index (χ2v) is 8.65. The van der Waals surface area contributed by atoms with Crippen molar-refractivity contribution >= 4 is 17.2 Å². The molecule has 1 saturated heterocycles. The molecular formula is C27H29N5O2. The van der Waals surface area contributed by atoms with Crippen LogP contribution < -0.4 is 15.0 Å². The minimum Gasteiger partial charge on any atom is -0.497 e. The summed E-state index contributed by atoms with van der Waals surface area (Å²) in [5.41, 5.74) is 4.02. The maximum Gasteiger partial charge on any atom is 0.224 e. The van der Waals surface area contributed by atoms with Crippen molar-refractivity contribution in [3.05, 3.63) is 78.6 Å². The van der Waals surface area contributed by atoms with Gasteiger partial charge in [-0.15, -0.1) is 0 Å². The molecule has 0 radical (unpaired) electrons. The van der Waals surface area contributed by atoms with E-state index in [0.717, 1.165) is 54.1 Å². The third kappa shape index (κ3) is 4.73. The highest BCUT2D eigenvalue weighted by Crippen LogP contribution is 2.29. The Morgan fingerprint density at radius 3 is 2.88 bits per heavy atom. The van der Waals surface area contributed by atoms with Gasteiger partial charge in [0.05, 0.1) is 18.7 Å². The maximum atomic E-state index is 12.9. The monoisotopic (exact) mass is 455 g/mol. The molecule has 0 saturated carbocycles. The van der Waals surface area contributed by atoms with E-state index in [4.69, 9.17) is 9.84 Å². The number of carbonyl (C=O) groups excluding carboxylic acids is 1. The molecule has 4 aromatic rings. The SMILES string of the molecule is COc1cccc(-c2cc3c(N4CCC[C@@H](C(=O)NCCc5ccccc5)C4)nccn3n2)c1. The van der Waals surface area contributed by atoms with Crippen LogP contribution in [0.4, 0.5) is 5.82 Å². The first-order valence-corrected chi connectivity index (χ1v) is 11.8. The van der Waals surface area contributed by atoms with Crippen LogP contribution in [-0.4, -0.2) is 47.2 Å². The Hall–Kier alpha value is -3.87. The molecule has 1 aliphatic rings. The number of nitrogens with zero attached hydrogens (tertiary/aromatic N) is 4. The molecule has 7 nitrogen and oxygen atoms in total. The van der Waals surface area contributed by atoms with Gasteiger partial charge in [0.2, 0.25) is 5.91 Å². The minimum atomic E-state index is -0.0487. The number of rotatable bonds is 7. The van der Waals surface area contributed by atoms with Crippen molar-refractivity contribution in [2.75, 3.05) is 31.6 Å². The van der Waals surface area contributed by atoms with Crippen molar-refractivity contribution in [1.29, 1.82) is 0 Å². The summed E-state index contributed by atoms with van der Waals surface area (Å²) in [4.78, 5) is 19.8. The molecule has 0 bridgehead atoms. The Balaban J connectivity index is 1.30. The van der Waals surface area contributed by atoms with Crippen LogP contribution in [0.25, 0.3) is 16.8 Å². The lowest BCUT2D eigenvalue weighted by molar-refractivity contribution is -0.125. The number of ether oxygens (including phenoxy) is 1. The highest BCUT2D eigenvalue weighted by molar-refractivity contribution is 5.81. The summed E-state index contributed by atoms with van der Waals surface area (Å²) < 4.78 is 7.23. The summed E-state index contributed by atoms with van der Waals surface area (Å²) in [6, 6.07) is 20.2. The largest absolute Gasteiger partial charge is 0.497 e. The van der Waals surface area contributed by atoms with Crippen molar-refractivity contribution < 1.29 is 9.53 Å². The average Bonchev–Trinajstić information content (AvgIpc) is 3.34. The molecule has 1 N–H and O–H groups in total. The summed E-state index contributed by atoms with van der Waals surface area (Å²) in [5.74, 6) is 1.74. The fraction of sp³-hybridized carbons (Fsp3) is 0.296. The van der Waals surface area contributed by atoms with E-state index in [2.05, 4.69) is 33.4 Å². The van der Waals surface area contributed by atoms with Gasteiger partial charge in [0.1, 0.15) is 11.3 Å². The van der Waals surface area contributed by atoms with Crippen molar-refractivity contribution in [2.24, 2.45) is 5.92 Å². The topological polar surface area (TPSA) is 71.8 Å². The average molecular weight is 456 g/mol. The number of amides is 1. The Morgan fingerprint density at radius 1 is 1.15 bits per heavy atom. The van der Waals surface area contributed by atoms with Crippen molar-refractivity contribution in [3.63, 3.8) is 0 Å². The lowest BCUT2D eigenvalue weighted by Crippen LogP contribution is -2.44. The molecule has 2 aromatic heterocycles. The Labute approximate surface area is 199 Å². The fourth-order valence-electron chi connectivity index (χ4n) is 4.58. The zero-order valence-electron chi connectivity index (χ0n) is 19.4. The quantitative estimate of drug-likeness (QED) is 0.456. The van der Waals surface area contributed by atoms with Gasteiger partial charge in [0.15, 0.2) is 5.82 Å². The van der Waals surface area contributed by atoms with Crippen LogP contribution in [-0.2, 0) is 11.2 Å². The molecule has 5 rings (SSSR count).